The van der Waals surface area contributed by atoms with Gasteiger partial charge >= 0.3 is 0 Å². The molecule has 0 saturated heterocycles. The first-order valence-electron chi connectivity index (χ1n) is 7.27. The molecule has 1 aromatic carbocycles. The Morgan fingerprint density at radius 3 is 2.74 bits per heavy atom. The van der Waals surface area contributed by atoms with Gasteiger partial charge in [-0.05, 0) is 31.4 Å². The fourth-order valence-electron chi connectivity index (χ4n) is 2.57. The Morgan fingerprint density at radius 1 is 1.21 bits per heavy atom. The third-order valence-electron chi connectivity index (χ3n) is 3.68. The van der Waals surface area contributed by atoms with Crippen molar-refractivity contribution < 1.29 is 0 Å². The molecule has 0 saturated carbocycles. The van der Waals surface area contributed by atoms with Crippen molar-refractivity contribution in [1.29, 1.82) is 5.41 Å². The zero-order valence-corrected chi connectivity index (χ0v) is 11.9. The summed E-state index contributed by atoms with van der Waals surface area (Å²) in [6.07, 6.45) is 7.58. The van der Waals surface area contributed by atoms with Gasteiger partial charge in [0, 0.05) is 18.3 Å². The molecule has 1 heterocycles. The molecule has 0 spiro atoms. The van der Waals surface area contributed by atoms with Gasteiger partial charge in [0.25, 0.3) is 0 Å². The van der Waals surface area contributed by atoms with Crippen molar-refractivity contribution in [2.24, 2.45) is 0 Å². The molecule has 1 aromatic rings. The molecule has 4 heteroatoms. The highest BCUT2D eigenvalue weighted by Crippen LogP contribution is 2.34. The number of aryl methyl sites for hydroxylation is 1. The second-order valence-corrected chi connectivity index (χ2v) is 4.97. The summed E-state index contributed by atoms with van der Waals surface area (Å²) in [4.78, 5) is 0. The average Bonchev–Trinajstić information content (AvgIpc) is 2.86. The number of rotatable bonds is 7. The Morgan fingerprint density at radius 2 is 2.05 bits per heavy atom. The van der Waals surface area contributed by atoms with Crippen LogP contribution >= 0.6 is 0 Å². The van der Waals surface area contributed by atoms with Crippen molar-refractivity contribution in [2.45, 2.75) is 46.0 Å². The highest BCUT2D eigenvalue weighted by molar-refractivity contribution is 5.94. The number of hydrazine groups is 2. The quantitative estimate of drug-likeness (QED) is 0.519. The number of unbranched alkanes of at least 4 members (excludes halogenated alkanes) is 3. The molecule has 0 bridgehead atoms. The van der Waals surface area contributed by atoms with Crippen LogP contribution in [0.2, 0.25) is 0 Å². The minimum atomic E-state index is 0.896. The van der Waals surface area contributed by atoms with E-state index in [0.717, 1.165) is 29.9 Å². The third kappa shape index (κ3) is 2.89. The lowest BCUT2D eigenvalue weighted by Gasteiger charge is -2.15. The second-order valence-electron chi connectivity index (χ2n) is 4.97. The Kier molecular flexibility index (Phi) is 4.80. The van der Waals surface area contributed by atoms with E-state index in [0.29, 0.717) is 0 Å². The zero-order chi connectivity index (χ0) is 13.7. The number of anilines is 2. The van der Waals surface area contributed by atoms with Gasteiger partial charge in [-0.15, -0.1) is 5.53 Å². The van der Waals surface area contributed by atoms with E-state index in [-0.39, 0.29) is 0 Å². The summed E-state index contributed by atoms with van der Waals surface area (Å²) < 4.78 is 0. The first-order chi connectivity index (χ1) is 9.31. The maximum Gasteiger partial charge on any atom is 0.0843 e. The minimum absolute atomic E-state index is 0.896. The molecule has 3 N–H and O–H groups in total. The van der Waals surface area contributed by atoms with Crippen LogP contribution in [0, 0.1) is 5.41 Å². The van der Waals surface area contributed by atoms with E-state index in [1.165, 1.54) is 37.5 Å². The molecule has 104 valence electrons. The standard InChI is InChI=1S/C15H24N4/c1-3-5-6-7-8-12-9-10-14-15(13(12)11-16)17-18-19(14)4-2/h9-11,16-18H,3-8H2,1-2H3. The molecule has 0 fully saturated rings. The van der Waals surface area contributed by atoms with Crippen LogP contribution in [0.25, 0.3) is 0 Å². The Bertz CT molecular complexity index is 442. The molecule has 0 radical (unpaired) electrons. The van der Waals surface area contributed by atoms with Crippen molar-refractivity contribution in [2.75, 3.05) is 17.0 Å². The van der Waals surface area contributed by atoms with Crippen molar-refractivity contribution in [3.05, 3.63) is 23.3 Å². The van der Waals surface area contributed by atoms with Gasteiger partial charge in [-0.25, -0.2) is 0 Å². The molecule has 1 aliphatic heterocycles. The first kappa shape index (κ1) is 13.9. The van der Waals surface area contributed by atoms with Gasteiger partial charge in [-0.1, -0.05) is 32.3 Å². The van der Waals surface area contributed by atoms with Gasteiger partial charge in [-0.3, -0.25) is 5.01 Å². The van der Waals surface area contributed by atoms with Crippen molar-refractivity contribution in [3.8, 4) is 0 Å². The van der Waals surface area contributed by atoms with Crippen LogP contribution in [0.3, 0.4) is 0 Å². The van der Waals surface area contributed by atoms with Gasteiger partial charge in [-0.2, -0.15) is 0 Å². The lowest BCUT2D eigenvalue weighted by atomic mass is 9.99. The maximum absolute atomic E-state index is 7.68. The Labute approximate surface area is 115 Å². The highest BCUT2D eigenvalue weighted by atomic mass is 15.7. The summed E-state index contributed by atoms with van der Waals surface area (Å²) in [6, 6.07) is 4.32. The molecular weight excluding hydrogens is 236 g/mol. The Hall–Kier alpha value is -1.55. The minimum Gasteiger partial charge on any atom is -0.308 e. The largest absolute Gasteiger partial charge is 0.308 e. The van der Waals surface area contributed by atoms with Crippen LogP contribution in [0.5, 0.6) is 0 Å². The Balaban J connectivity index is 2.15. The van der Waals surface area contributed by atoms with Crippen LogP contribution in [0.1, 0.15) is 50.7 Å². The molecule has 1 aliphatic rings. The molecule has 19 heavy (non-hydrogen) atoms. The zero-order valence-electron chi connectivity index (χ0n) is 11.9. The van der Waals surface area contributed by atoms with Crippen molar-refractivity contribution >= 4 is 17.6 Å². The van der Waals surface area contributed by atoms with E-state index in [2.05, 4.69) is 41.9 Å². The van der Waals surface area contributed by atoms with Gasteiger partial charge in [0.05, 0.1) is 11.4 Å². The van der Waals surface area contributed by atoms with Gasteiger partial charge in [0.15, 0.2) is 0 Å². The normalized spacial score (nSPS) is 13.3. The highest BCUT2D eigenvalue weighted by Gasteiger charge is 2.21. The fourth-order valence-corrected chi connectivity index (χ4v) is 2.57. The van der Waals surface area contributed by atoms with Gasteiger partial charge in [0.1, 0.15) is 0 Å². The molecule has 4 nitrogen and oxygen atoms in total. The van der Waals surface area contributed by atoms with E-state index in [4.69, 9.17) is 5.41 Å². The van der Waals surface area contributed by atoms with E-state index >= 15 is 0 Å². The average molecular weight is 260 g/mol. The number of nitrogens with zero attached hydrogens (tertiary/aromatic N) is 1. The monoisotopic (exact) mass is 260 g/mol. The van der Waals surface area contributed by atoms with Gasteiger partial charge in [0.2, 0.25) is 0 Å². The predicted octanol–water partition coefficient (Wildman–Crippen LogP) is 3.48. The van der Waals surface area contributed by atoms with E-state index in [1.807, 2.05) is 0 Å². The molecule has 0 aromatic heterocycles. The molecule has 0 aliphatic carbocycles. The van der Waals surface area contributed by atoms with E-state index < -0.39 is 0 Å². The molecule has 0 atom stereocenters. The number of hydrogen-bond donors (Lipinski definition) is 3. The van der Waals surface area contributed by atoms with Crippen molar-refractivity contribution in [3.63, 3.8) is 0 Å². The van der Waals surface area contributed by atoms with Gasteiger partial charge < -0.3 is 10.8 Å². The predicted molar refractivity (Wildman–Crippen MR) is 82.0 cm³/mol. The van der Waals surface area contributed by atoms with E-state index in [1.54, 1.807) is 0 Å². The lowest BCUT2D eigenvalue weighted by Crippen LogP contribution is -2.35. The van der Waals surface area contributed by atoms with Crippen LogP contribution in [-0.2, 0) is 6.42 Å². The number of fused-ring (bicyclic) bond motifs is 1. The van der Waals surface area contributed by atoms with Crippen LogP contribution in [-0.4, -0.2) is 12.8 Å². The smallest absolute Gasteiger partial charge is 0.0843 e. The lowest BCUT2D eigenvalue weighted by molar-refractivity contribution is 0.667. The molecule has 2 rings (SSSR count). The number of nitrogens with one attached hydrogen (secondary N) is 3. The summed E-state index contributed by atoms with van der Waals surface area (Å²) in [5.74, 6) is 0. The van der Waals surface area contributed by atoms with Crippen LogP contribution in [0.15, 0.2) is 12.1 Å². The number of hydrogen-bond acceptors (Lipinski definition) is 4. The third-order valence-corrected chi connectivity index (χ3v) is 3.68. The summed E-state index contributed by atoms with van der Waals surface area (Å²) >= 11 is 0. The summed E-state index contributed by atoms with van der Waals surface area (Å²) in [5.41, 5.74) is 10.8. The fraction of sp³-hybridized carbons (Fsp3) is 0.533. The summed E-state index contributed by atoms with van der Waals surface area (Å²) in [7, 11) is 0. The summed E-state index contributed by atoms with van der Waals surface area (Å²) in [6.45, 7) is 5.23. The topological polar surface area (TPSA) is 51.2 Å². The van der Waals surface area contributed by atoms with Crippen LogP contribution < -0.4 is 16.0 Å². The molecule has 0 unspecified atom stereocenters. The number of benzene rings is 1. The second kappa shape index (κ2) is 6.57. The first-order valence-corrected chi connectivity index (χ1v) is 7.27. The van der Waals surface area contributed by atoms with E-state index in [9.17, 15) is 0 Å². The van der Waals surface area contributed by atoms with Crippen molar-refractivity contribution in [1.82, 2.24) is 5.53 Å². The molecular formula is C15H24N4. The SMILES string of the molecule is CCCCCCc1ccc2c(c1C=N)NNN2CC. The maximum atomic E-state index is 7.68. The molecule has 0 amide bonds. The summed E-state index contributed by atoms with van der Waals surface area (Å²) in [5, 5.41) is 9.74. The van der Waals surface area contributed by atoms with Crippen LogP contribution in [0.4, 0.5) is 11.4 Å².